The van der Waals surface area contributed by atoms with Gasteiger partial charge in [0.05, 0.1) is 6.61 Å². The molecule has 4 rings (SSSR count). The minimum absolute atomic E-state index is 0.761. The van der Waals surface area contributed by atoms with Gasteiger partial charge in [0.2, 0.25) is 0 Å². The molecule has 0 amide bonds. The molecular formula is C30H32O. The summed E-state index contributed by atoms with van der Waals surface area (Å²) in [6.45, 7) is 7.31. The van der Waals surface area contributed by atoms with E-state index in [1.165, 1.54) is 44.5 Å². The smallest absolute Gasteiger partial charge is 0.126 e. The fraction of sp³-hybridized carbons (Fsp3) is 0.267. The summed E-state index contributed by atoms with van der Waals surface area (Å²) in [4.78, 5) is 0. The van der Waals surface area contributed by atoms with E-state index in [1.807, 2.05) is 0 Å². The van der Waals surface area contributed by atoms with Crippen molar-refractivity contribution in [1.82, 2.24) is 0 Å². The average molecular weight is 409 g/mol. The quantitative estimate of drug-likeness (QED) is 0.343. The third-order valence-electron chi connectivity index (χ3n) is 6.10. The van der Waals surface area contributed by atoms with E-state index >= 15 is 0 Å². The number of ether oxygens (including phenoxy) is 1. The molecule has 3 aromatic carbocycles. The predicted molar refractivity (Wildman–Crippen MR) is 133 cm³/mol. The lowest BCUT2D eigenvalue weighted by Gasteiger charge is -2.14. The average Bonchev–Trinajstić information content (AvgIpc) is 3.30. The van der Waals surface area contributed by atoms with Gasteiger partial charge in [0.1, 0.15) is 5.75 Å². The summed E-state index contributed by atoms with van der Waals surface area (Å²) >= 11 is 0. The highest BCUT2D eigenvalue weighted by Gasteiger charge is 2.11. The summed E-state index contributed by atoms with van der Waals surface area (Å²) in [5.74, 6) is 1.01. The predicted octanol–water partition coefficient (Wildman–Crippen LogP) is 8.02. The summed E-state index contributed by atoms with van der Waals surface area (Å²) in [5.41, 5.74) is 10.6. The first-order chi connectivity index (χ1) is 15.1. The lowest BCUT2D eigenvalue weighted by molar-refractivity contribution is 0.306. The Balaban J connectivity index is 1.31. The second-order valence-electron chi connectivity index (χ2n) is 8.59. The Bertz CT molecular complexity index is 1120. The van der Waals surface area contributed by atoms with Crippen LogP contribution in [-0.4, -0.2) is 6.61 Å². The third kappa shape index (κ3) is 5.17. The van der Waals surface area contributed by atoms with Crippen LogP contribution in [0.15, 0.2) is 78.9 Å². The van der Waals surface area contributed by atoms with Crippen molar-refractivity contribution in [2.45, 2.75) is 46.5 Å². The first-order valence-corrected chi connectivity index (χ1v) is 11.4. The van der Waals surface area contributed by atoms with Crippen LogP contribution >= 0.6 is 0 Å². The number of benzene rings is 3. The zero-order valence-corrected chi connectivity index (χ0v) is 18.9. The monoisotopic (exact) mass is 408 g/mol. The summed E-state index contributed by atoms with van der Waals surface area (Å²) in [7, 11) is 0. The second-order valence-corrected chi connectivity index (χ2v) is 8.59. The van der Waals surface area contributed by atoms with Gasteiger partial charge in [-0.05, 0) is 92.0 Å². The van der Waals surface area contributed by atoms with E-state index in [0.29, 0.717) is 0 Å². The Morgan fingerprint density at radius 2 is 1.61 bits per heavy atom. The van der Waals surface area contributed by atoms with Crippen molar-refractivity contribution in [2.24, 2.45) is 0 Å². The van der Waals surface area contributed by atoms with Crippen molar-refractivity contribution in [3.05, 3.63) is 107 Å². The summed E-state index contributed by atoms with van der Waals surface area (Å²) < 4.78 is 6.19. The van der Waals surface area contributed by atoms with Crippen LogP contribution in [0.1, 0.15) is 47.1 Å². The van der Waals surface area contributed by atoms with Gasteiger partial charge in [-0.25, -0.2) is 0 Å². The van der Waals surface area contributed by atoms with E-state index in [4.69, 9.17) is 4.74 Å². The maximum Gasteiger partial charge on any atom is 0.126 e. The SMILES string of the molecule is Cc1ccc(OCCCCc2ccc(-c3ccccc3C)c(C)c2)c(C2=CC=CC2)c1. The third-order valence-corrected chi connectivity index (χ3v) is 6.10. The normalized spacial score (nSPS) is 12.8. The second kappa shape index (κ2) is 9.83. The molecule has 1 nitrogen and oxygen atoms in total. The Kier molecular flexibility index (Phi) is 6.72. The topological polar surface area (TPSA) is 9.23 Å². The molecular weight excluding hydrogens is 376 g/mol. The number of hydrogen-bond donors (Lipinski definition) is 0. The van der Waals surface area contributed by atoms with Gasteiger partial charge in [-0.1, -0.05) is 72.3 Å². The van der Waals surface area contributed by atoms with Crippen molar-refractivity contribution in [1.29, 1.82) is 0 Å². The molecule has 0 saturated carbocycles. The van der Waals surface area contributed by atoms with Crippen LogP contribution in [0.3, 0.4) is 0 Å². The fourth-order valence-corrected chi connectivity index (χ4v) is 4.34. The van der Waals surface area contributed by atoms with Gasteiger partial charge in [-0.2, -0.15) is 0 Å². The largest absolute Gasteiger partial charge is 0.493 e. The van der Waals surface area contributed by atoms with Gasteiger partial charge in [0.15, 0.2) is 0 Å². The fourth-order valence-electron chi connectivity index (χ4n) is 4.34. The van der Waals surface area contributed by atoms with Crippen LogP contribution in [0.25, 0.3) is 16.7 Å². The summed E-state index contributed by atoms with van der Waals surface area (Å²) in [6.07, 6.45) is 10.8. The lowest BCUT2D eigenvalue weighted by Crippen LogP contribution is -2.01. The molecule has 0 unspecified atom stereocenters. The maximum atomic E-state index is 6.19. The Morgan fingerprint density at radius 1 is 0.774 bits per heavy atom. The first kappa shape index (κ1) is 21.2. The molecule has 1 aliphatic rings. The Morgan fingerprint density at radius 3 is 2.39 bits per heavy atom. The Hall–Kier alpha value is -3.06. The molecule has 0 fully saturated rings. The molecule has 1 heteroatoms. The molecule has 0 spiro atoms. The van der Waals surface area contributed by atoms with Crippen molar-refractivity contribution >= 4 is 5.57 Å². The number of unbranched alkanes of at least 4 members (excludes halogenated alkanes) is 1. The van der Waals surface area contributed by atoms with Gasteiger partial charge in [0, 0.05) is 5.56 Å². The zero-order chi connectivity index (χ0) is 21.6. The number of allylic oxidation sites excluding steroid dienone is 4. The van der Waals surface area contributed by atoms with Gasteiger partial charge in [-0.3, -0.25) is 0 Å². The highest BCUT2D eigenvalue weighted by atomic mass is 16.5. The van der Waals surface area contributed by atoms with Crippen LogP contribution in [0.4, 0.5) is 0 Å². The molecule has 0 bridgehead atoms. The van der Waals surface area contributed by atoms with Gasteiger partial charge in [-0.15, -0.1) is 0 Å². The van der Waals surface area contributed by atoms with E-state index in [1.54, 1.807) is 0 Å². The zero-order valence-electron chi connectivity index (χ0n) is 18.9. The summed E-state index contributed by atoms with van der Waals surface area (Å²) in [6, 6.07) is 22.0. The van der Waals surface area contributed by atoms with Gasteiger partial charge in [0.25, 0.3) is 0 Å². The van der Waals surface area contributed by atoms with E-state index < -0.39 is 0 Å². The molecule has 0 aliphatic heterocycles. The minimum Gasteiger partial charge on any atom is -0.493 e. The van der Waals surface area contributed by atoms with E-state index in [-0.39, 0.29) is 0 Å². The summed E-state index contributed by atoms with van der Waals surface area (Å²) in [5, 5.41) is 0. The van der Waals surface area contributed by atoms with Crippen LogP contribution in [0.2, 0.25) is 0 Å². The van der Waals surface area contributed by atoms with E-state index in [2.05, 4.69) is 99.7 Å². The molecule has 0 heterocycles. The molecule has 0 saturated heterocycles. The molecule has 0 radical (unpaired) electrons. The molecule has 3 aromatic rings. The Labute approximate surface area is 187 Å². The lowest BCUT2D eigenvalue weighted by atomic mass is 9.94. The number of aryl methyl sites for hydroxylation is 4. The number of rotatable bonds is 8. The molecule has 31 heavy (non-hydrogen) atoms. The van der Waals surface area contributed by atoms with Crippen LogP contribution < -0.4 is 4.74 Å². The highest BCUT2D eigenvalue weighted by Crippen LogP contribution is 2.32. The van der Waals surface area contributed by atoms with Crippen molar-refractivity contribution in [2.75, 3.05) is 6.61 Å². The molecule has 1 aliphatic carbocycles. The van der Waals surface area contributed by atoms with Gasteiger partial charge < -0.3 is 4.74 Å². The van der Waals surface area contributed by atoms with Crippen molar-refractivity contribution < 1.29 is 4.74 Å². The molecule has 0 aromatic heterocycles. The van der Waals surface area contributed by atoms with Crippen molar-refractivity contribution in [3.63, 3.8) is 0 Å². The highest BCUT2D eigenvalue weighted by molar-refractivity contribution is 5.75. The van der Waals surface area contributed by atoms with Crippen LogP contribution in [0.5, 0.6) is 5.75 Å². The minimum atomic E-state index is 0.761. The molecule has 158 valence electrons. The van der Waals surface area contributed by atoms with E-state index in [9.17, 15) is 0 Å². The van der Waals surface area contributed by atoms with Gasteiger partial charge >= 0.3 is 0 Å². The molecule has 0 atom stereocenters. The number of hydrogen-bond acceptors (Lipinski definition) is 1. The van der Waals surface area contributed by atoms with Crippen LogP contribution in [0, 0.1) is 20.8 Å². The standard InChI is InChI=1S/C30H32O/c1-22-15-18-30(29(20-22)26-12-5-6-13-26)31-19-9-8-11-25-16-17-28(24(3)21-25)27-14-7-4-10-23(27)2/h4-7,10,12,14-18,20-21H,8-9,11,13,19H2,1-3H3. The van der Waals surface area contributed by atoms with Crippen LogP contribution in [-0.2, 0) is 6.42 Å². The first-order valence-electron chi connectivity index (χ1n) is 11.4. The maximum absolute atomic E-state index is 6.19. The van der Waals surface area contributed by atoms with Crippen molar-refractivity contribution in [3.8, 4) is 16.9 Å². The molecule has 0 N–H and O–H groups in total. The van der Waals surface area contributed by atoms with E-state index in [0.717, 1.165) is 38.0 Å².